The van der Waals surface area contributed by atoms with Gasteiger partial charge in [0.1, 0.15) is 5.75 Å². The molecule has 4 nitrogen and oxygen atoms in total. The van der Waals surface area contributed by atoms with Crippen LogP contribution < -0.4 is 4.74 Å². The molecule has 4 rings (SSSR count). The number of rotatable bonds is 7. The van der Waals surface area contributed by atoms with Crippen molar-refractivity contribution in [2.75, 3.05) is 13.2 Å². The second kappa shape index (κ2) is 9.83. The van der Waals surface area contributed by atoms with Crippen LogP contribution in [0.5, 0.6) is 5.75 Å². The molecule has 168 valence electrons. The molecule has 2 aromatic carbocycles. The number of benzene rings is 2. The van der Waals surface area contributed by atoms with Crippen molar-refractivity contribution in [3.8, 4) is 22.7 Å². The van der Waals surface area contributed by atoms with E-state index >= 15 is 0 Å². The van der Waals surface area contributed by atoms with Gasteiger partial charge in [0.25, 0.3) is 0 Å². The van der Waals surface area contributed by atoms with E-state index in [4.69, 9.17) is 21.1 Å². The topological polar surface area (TPSA) is 40.5 Å². The molecule has 1 heterocycles. The van der Waals surface area contributed by atoms with Gasteiger partial charge in [0.2, 0.25) is 0 Å². The number of aryl methyl sites for hydroxylation is 2. The zero-order valence-electron chi connectivity index (χ0n) is 19.0. The maximum atomic E-state index is 12.5. The fourth-order valence-electron chi connectivity index (χ4n) is 4.48. The van der Waals surface area contributed by atoms with Crippen molar-refractivity contribution in [1.29, 1.82) is 0 Å². The number of nitrogens with zero attached hydrogens (tertiary/aromatic N) is 1. The SMILES string of the molecule is CCOC(=O)c1cc(-n2c(C)ccc2-c2cc(Cl)ccc2OCC2CCCC2)ccc1C. The third-order valence-electron chi connectivity index (χ3n) is 6.22. The van der Waals surface area contributed by atoms with Crippen molar-refractivity contribution in [2.45, 2.75) is 46.5 Å². The molecule has 0 amide bonds. The summed E-state index contributed by atoms with van der Waals surface area (Å²) in [6.07, 6.45) is 5.05. The van der Waals surface area contributed by atoms with Crippen molar-refractivity contribution in [1.82, 2.24) is 4.57 Å². The predicted octanol–water partition coefficient (Wildman–Crippen LogP) is 7.16. The average molecular weight is 452 g/mol. The first-order chi connectivity index (χ1) is 15.5. The van der Waals surface area contributed by atoms with Crippen molar-refractivity contribution < 1.29 is 14.3 Å². The van der Waals surface area contributed by atoms with Crippen LogP contribution in [0.15, 0.2) is 48.5 Å². The maximum Gasteiger partial charge on any atom is 0.338 e. The van der Waals surface area contributed by atoms with Crippen LogP contribution in [0.1, 0.15) is 54.2 Å². The minimum atomic E-state index is -0.304. The summed E-state index contributed by atoms with van der Waals surface area (Å²) in [5, 5.41) is 0.662. The van der Waals surface area contributed by atoms with E-state index in [-0.39, 0.29) is 5.97 Å². The van der Waals surface area contributed by atoms with Crippen molar-refractivity contribution in [3.63, 3.8) is 0 Å². The predicted molar refractivity (Wildman–Crippen MR) is 129 cm³/mol. The molecule has 32 heavy (non-hydrogen) atoms. The Morgan fingerprint density at radius 1 is 1.06 bits per heavy atom. The van der Waals surface area contributed by atoms with Gasteiger partial charge in [-0.2, -0.15) is 0 Å². The first-order valence-corrected chi connectivity index (χ1v) is 11.7. The monoisotopic (exact) mass is 451 g/mol. The van der Waals surface area contributed by atoms with Gasteiger partial charge in [0, 0.05) is 22.0 Å². The number of esters is 1. The Morgan fingerprint density at radius 3 is 2.59 bits per heavy atom. The van der Waals surface area contributed by atoms with E-state index in [0.717, 1.165) is 40.6 Å². The highest BCUT2D eigenvalue weighted by Crippen LogP contribution is 2.37. The molecule has 1 fully saturated rings. The lowest BCUT2D eigenvalue weighted by Crippen LogP contribution is -2.10. The Hall–Kier alpha value is -2.72. The van der Waals surface area contributed by atoms with Crippen LogP contribution >= 0.6 is 11.6 Å². The molecule has 5 heteroatoms. The van der Waals surface area contributed by atoms with Gasteiger partial charge in [-0.1, -0.05) is 30.5 Å². The number of ether oxygens (including phenoxy) is 2. The molecular formula is C27H30ClNO3. The smallest absolute Gasteiger partial charge is 0.338 e. The minimum Gasteiger partial charge on any atom is -0.493 e. The summed E-state index contributed by atoms with van der Waals surface area (Å²) in [5.41, 5.74) is 5.35. The van der Waals surface area contributed by atoms with Crippen LogP contribution in [0.4, 0.5) is 0 Å². The van der Waals surface area contributed by atoms with Crippen molar-refractivity contribution in [2.24, 2.45) is 5.92 Å². The largest absolute Gasteiger partial charge is 0.493 e. The fraction of sp³-hybridized carbons (Fsp3) is 0.370. The first kappa shape index (κ1) is 22.5. The highest BCUT2D eigenvalue weighted by Gasteiger charge is 2.20. The molecule has 0 bridgehead atoms. The lowest BCUT2D eigenvalue weighted by atomic mass is 10.1. The molecule has 0 atom stereocenters. The van der Waals surface area contributed by atoms with E-state index in [1.54, 1.807) is 0 Å². The van der Waals surface area contributed by atoms with Crippen molar-refractivity contribution in [3.05, 3.63) is 70.4 Å². The Kier molecular flexibility index (Phi) is 6.90. The van der Waals surface area contributed by atoms with Crippen LogP contribution in [-0.2, 0) is 4.74 Å². The molecule has 1 aliphatic carbocycles. The van der Waals surface area contributed by atoms with E-state index in [9.17, 15) is 4.79 Å². The van der Waals surface area contributed by atoms with Gasteiger partial charge < -0.3 is 14.0 Å². The molecule has 0 N–H and O–H groups in total. The number of carbonyl (C=O) groups excluding carboxylic acids is 1. The molecule has 0 spiro atoms. The van der Waals surface area contributed by atoms with Gasteiger partial charge >= 0.3 is 5.97 Å². The Labute approximate surface area is 195 Å². The lowest BCUT2D eigenvalue weighted by Gasteiger charge is -2.18. The number of hydrogen-bond donors (Lipinski definition) is 0. The molecule has 1 saturated carbocycles. The van der Waals surface area contributed by atoms with E-state index in [2.05, 4.69) is 23.6 Å². The number of hydrogen-bond acceptors (Lipinski definition) is 3. The van der Waals surface area contributed by atoms with Crippen LogP contribution in [0.25, 0.3) is 16.9 Å². The van der Waals surface area contributed by atoms with Gasteiger partial charge in [-0.3, -0.25) is 0 Å². The summed E-state index contributed by atoms with van der Waals surface area (Å²) in [5.74, 6) is 1.15. The number of carbonyl (C=O) groups is 1. The van der Waals surface area contributed by atoms with Crippen LogP contribution in [-0.4, -0.2) is 23.8 Å². The van der Waals surface area contributed by atoms with Crippen LogP contribution in [0.2, 0.25) is 5.02 Å². The summed E-state index contributed by atoms with van der Waals surface area (Å²) in [6, 6.07) is 15.8. The zero-order valence-corrected chi connectivity index (χ0v) is 19.7. The molecule has 1 aliphatic rings. The van der Waals surface area contributed by atoms with Crippen molar-refractivity contribution >= 4 is 17.6 Å². The Morgan fingerprint density at radius 2 is 1.84 bits per heavy atom. The second-order valence-electron chi connectivity index (χ2n) is 8.52. The summed E-state index contributed by atoms with van der Waals surface area (Å²) in [6.45, 7) is 6.87. The zero-order chi connectivity index (χ0) is 22.7. The van der Waals surface area contributed by atoms with E-state index in [1.165, 1.54) is 25.7 Å². The molecule has 3 aromatic rings. The maximum absolute atomic E-state index is 12.5. The third kappa shape index (κ3) is 4.71. The van der Waals surface area contributed by atoms with Gasteiger partial charge in [-0.15, -0.1) is 0 Å². The average Bonchev–Trinajstić information content (AvgIpc) is 3.43. The Bertz CT molecular complexity index is 1110. The highest BCUT2D eigenvalue weighted by atomic mass is 35.5. The molecule has 1 aromatic heterocycles. The van der Waals surface area contributed by atoms with Gasteiger partial charge in [-0.05, 0) is 87.6 Å². The molecule has 0 unspecified atom stereocenters. The summed E-state index contributed by atoms with van der Waals surface area (Å²) < 4.78 is 13.7. The third-order valence-corrected chi connectivity index (χ3v) is 6.45. The Balaban J connectivity index is 1.74. The number of halogens is 1. The molecule has 0 radical (unpaired) electrons. The van der Waals surface area contributed by atoms with Gasteiger partial charge in [-0.25, -0.2) is 4.79 Å². The molecule has 0 aliphatic heterocycles. The second-order valence-corrected chi connectivity index (χ2v) is 8.95. The first-order valence-electron chi connectivity index (χ1n) is 11.4. The quantitative estimate of drug-likeness (QED) is 0.358. The van der Waals surface area contributed by atoms with Crippen LogP contribution in [0.3, 0.4) is 0 Å². The highest BCUT2D eigenvalue weighted by molar-refractivity contribution is 6.31. The van der Waals surface area contributed by atoms with E-state index in [1.807, 2.05) is 50.2 Å². The standard InChI is InChI=1S/C27H30ClNO3/c1-4-31-27(30)23-16-22(12-9-18(23)2)29-19(3)10-13-25(29)24-15-21(28)11-14-26(24)32-17-20-7-5-6-8-20/h9-16,20H,4-8,17H2,1-3H3. The van der Waals surface area contributed by atoms with E-state index < -0.39 is 0 Å². The molecular weight excluding hydrogens is 422 g/mol. The lowest BCUT2D eigenvalue weighted by molar-refractivity contribution is 0.0525. The fourth-order valence-corrected chi connectivity index (χ4v) is 4.65. The van der Waals surface area contributed by atoms with Crippen LogP contribution in [0, 0.1) is 19.8 Å². The van der Waals surface area contributed by atoms with E-state index in [0.29, 0.717) is 23.1 Å². The molecule has 0 saturated heterocycles. The van der Waals surface area contributed by atoms with Gasteiger partial charge in [0.05, 0.1) is 24.5 Å². The summed E-state index contributed by atoms with van der Waals surface area (Å²) >= 11 is 6.40. The number of aromatic nitrogens is 1. The normalized spacial score (nSPS) is 14.0. The van der Waals surface area contributed by atoms with Gasteiger partial charge in [0.15, 0.2) is 0 Å². The minimum absolute atomic E-state index is 0.304. The summed E-state index contributed by atoms with van der Waals surface area (Å²) in [7, 11) is 0. The summed E-state index contributed by atoms with van der Waals surface area (Å²) in [4.78, 5) is 12.5.